The number of aliphatic hydroxyl groups excluding tert-OH is 1. The van der Waals surface area contributed by atoms with Crippen LogP contribution in [0.4, 0.5) is 0 Å². The Morgan fingerprint density at radius 1 is 0.969 bits per heavy atom. The summed E-state index contributed by atoms with van der Waals surface area (Å²) in [6.45, 7) is 0. The van der Waals surface area contributed by atoms with Crippen LogP contribution in [0.25, 0.3) is 38.9 Å². The Morgan fingerprint density at radius 2 is 1.78 bits per heavy atom. The molecule has 0 radical (unpaired) electrons. The first kappa shape index (κ1) is 19.4. The fourth-order valence-corrected chi connectivity index (χ4v) is 4.80. The zero-order chi connectivity index (χ0) is 21.7. The van der Waals surface area contributed by atoms with Gasteiger partial charge in [0, 0.05) is 35.3 Å². The third-order valence-electron chi connectivity index (χ3n) is 6.30. The number of aromatic nitrogens is 4. The van der Waals surface area contributed by atoms with Crippen molar-refractivity contribution in [2.45, 2.75) is 25.4 Å². The average Bonchev–Trinajstić information content (AvgIpc) is 3.18. The summed E-state index contributed by atoms with van der Waals surface area (Å²) in [5, 5.41) is 11.2. The summed E-state index contributed by atoms with van der Waals surface area (Å²) in [5.74, 6) is 1.39. The van der Waals surface area contributed by atoms with Crippen molar-refractivity contribution < 1.29 is 5.11 Å². The van der Waals surface area contributed by atoms with Gasteiger partial charge in [0.05, 0.1) is 23.0 Å². The van der Waals surface area contributed by atoms with Gasteiger partial charge in [0.1, 0.15) is 11.3 Å². The van der Waals surface area contributed by atoms with E-state index in [0.717, 1.165) is 64.0 Å². The first-order valence-corrected chi connectivity index (χ1v) is 11.2. The third kappa shape index (κ3) is 3.34. The second-order valence-electron chi connectivity index (χ2n) is 8.48. The van der Waals surface area contributed by atoms with Gasteiger partial charge in [-0.1, -0.05) is 60.1 Å². The van der Waals surface area contributed by atoms with Crippen LogP contribution in [0, 0.1) is 5.92 Å². The normalized spacial score (nSPS) is 18.2. The summed E-state index contributed by atoms with van der Waals surface area (Å²) in [4.78, 5) is 14.2. The smallest absolute Gasteiger partial charge is 0.155 e. The van der Waals surface area contributed by atoms with Gasteiger partial charge in [0.2, 0.25) is 0 Å². The lowest BCUT2D eigenvalue weighted by molar-refractivity contribution is 0.0423. The van der Waals surface area contributed by atoms with Crippen molar-refractivity contribution in [3.05, 3.63) is 84.0 Å². The van der Waals surface area contributed by atoms with E-state index in [1.807, 2.05) is 28.8 Å². The lowest BCUT2D eigenvalue weighted by atomic mass is 9.80. The van der Waals surface area contributed by atoms with Gasteiger partial charge in [-0.25, -0.2) is 15.0 Å². The molecule has 5 aromatic rings. The average molecular weight is 441 g/mol. The Bertz CT molecular complexity index is 1440. The Hall–Kier alpha value is -3.28. The molecule has 1 saturated carbocycles. The molecule has 1 aliphatic carbocycles. The number of rotatable bonds is 4. The molecule has 0 bridgehead atoms. The fraction of sp³-hybridized carbons (Fsp3) is 0.192. The summed E-state index contributed by atoms with van der Waals surface area (Å²) >= 11 is 6.53. The van der Waals surface area contributed by atoms with Crippen molar-refractivity contribution in [1.29, 1.82) is 0 Å². The van der Waals surface area contributed by atoms with E-state index in [2.05, 4.69) is 47.4 Å². The minimum atomic E-state index is -0.179. The van der Waals surface area contributed by atoms with Crippen LogP contribution in [0.15, 0.2) is 73.1 Å². The third-order valence-corrected chi connectivity index (χ3v) is 6.58. The molecule has 3 aromatic heterocycles. The van der Waals surface area contributed by atoms with E-state index in [-0.39, 0.29) is 6.10 Å². The Morgan fingerprint density at radius 3 is 2.59 bits per heavy atom. The predicted molar refractivity (Wildman–Crippen MR) is 127 cm³/mol. The number of fused-ring (bicyclic) bond motifs is 2. The molecule has 0 amide bonds. The Labute approximate surface area is 190 Å². The standard InChI is InChI=1S/C26H21ClN4O/c27-26-25-24(30-23(31(25)11-10-28-26)14-16-12-20(32)13-16)19-7-6-18-8-9-21(29-22(18)15-19)17-4-2-1-3-5-17/h1-11,15-16,20,32H,12-14H2. The number of hydrogen-bond acceptors (Lipinski definition) is 4. The highest BCUT2D eigenvalue weighted by Crippen LogP contribution is 2.35. The van der Waals surface area contributed by atoms with Gasteiger partial charge in [0.25, 0.3) is 0 Å². The number of aliphatic hydroxyl groups is 1. The maximum atomic E-state index is 9.68. The highest BCUT2D eigenvalue weighted by Gasteiger charge is 2.29. The minimum Gasteiger partial charge on any atom is -0.393 e. The van der Waals surface area contributed by atoms with E-state index in [9.17, 15) is 5.11 Å². The number of benzene rings is 2. The molecule has 1 aliphatic rings. The number of imidazole rings is 1. The maximum absolute atomic E-state index is 9.68. The van der Waals surface area contributed by atoms with E-state index in [4.69, 9.17) is 21.6 Å². The molecule has 5 nitrogen and oxygen atoms in total. The number of pyridine rings is 1. The lowest BCUT2D eigenvalue weighted by Crippen LogP contribution is -2.30. The zero-order valence-corrected chi connectivity index (χ0v) is 18.1. The van der Waals surface area contributed by atoms with Gasteiger partial charge in [-0.2, -0.15) is 0 Å². The molecule has 6 heteroatoms. The van der Waals surface area contributed by atoms with Crippen LogP contribution in [0.3, 0.4) is 0 Å². The van der Waals surface area contributed by atoms with Crippen molar-refractivity contribution in [3.63, 3.8) is 0 Å². The molecule has 2 aromatic carbocycles. The van der Waals surface area contributed by atoms with E-state index in [0.29, 0.717) is 11.1 Å². The molecule has 0 spiro atoms. The largest absolute Gasteiger partial charge is 0.393 e. The van der Waals surface area contributed by atoms with Crippen LogP contribution >= 0.6 is 11.6 Å². The fourth-order valence-electron chi connectivity index (χ4n) is 4.57. The maximum Gasteiger partial charge on any atom is 0.155 e. The summed E-state index contributed by atoms with van der Waals surface area (Å²) < 4.78 is 2.04. The molecule has 0 unspecified atom stereocenters. The summed E-state index contributed by atoms with van der Waals surface area (Å²) in [6, 6.07) is 20.5. The van der Waals surface area contributed by atoms with Crippen molar-refractivity contribution in [3.8, 4) is 22.5 Å². The van der Waals surface area contributed by atoms with Crippen LogP contribution in [0.5, 0.6) is 0 Å². The van der Waals surface area contributed by atoms with Crippen molar-refractivity contribution in [2.24, 2.45) is 5.92 Å². The van der Waals surface area contributed by atoms with E-state index < -0.39 is 0 Å². The molecule has 0 atom stereocenters. The molecule has 6 rings (SSSR count). The quantitative estimate of drug-likeness (QED) is 0.396. The topological polar surface area (TPSA) is 63.3 Å². The monoisotopic (exact) mass is 440 g/mol. The van der Waals surface area contributed by atoms with E-state index >= 15 is 0 Å². The number of halogens is 1. The van der Waals surface area contributed by atoms with Crippen LogP contribution < -0.4 is 0 Å². The zero-order valence-electron chi connectivity index (χ0n) is 17.3. The molecular weight excluding hydrogens is 420 g/mol. The van der Waals surface area contributed by atoms with Gasteiger partial charge in [-0.05, 0) is 30.9 Å². The van der Waals surface area contributed by atoms with Gasteiger partial charge in [-0.3, -0.25) is 4.40 Å². The van der Waals surface area contributed by atoms with E-state index in [1.54, 1.807) is 6.20 Å². The highest BCUT2D eigenvalue weighted by molar-refractivity contribution is 6.33. The number of hydrogen-bond donors (Lipinski definition) is 1. The van der Waals surface area contributed by atoms with Gasteiger partial charge in [0.15, 0.2) is 5.15 Å². The number of nitrogens with zero attached hydrogens (tertiary/aromatic N) is 4. The van der Waals surface area contributed by atoms with Crippen LogP contribution in [0.2, 0.25) is 5.15 Å². The van der Waals surface area contributed by atoms with E-state index in [1.165, 1.54) is 0 Å². The Kier molecular flexibility index (Phi) is 4.67. The highest BCUT2D eigenvalue weighted by atomic mass is 35.5. The minimum absolute atomic E-state index is 0.179. The lowest BCUT2D eigenvalue weighted by Gasteiger charge is -2.30. The summed E-state index contributed by atoms with van der Waals surface area (Å²) in [6.07, 6.45) is 5.89. The molecule has 1 fully saturated rings. The SMILES string of the molecule is OC1CC(Cc2nc(-c3ccc4ccc(-c5ccccc5)nc4c3)c3c(Cl)nccn23)C1. The van der Waals surface area contributed by atoms with Crippen molar-refractivity contribution in [2.75, 3.05) is 0 Å². The molecule has 1 N–H and O–H groups in total. The molecule has 158 valence electrons. The molecule has 3 heterocycles. The van der Waals surface area contributed by atoms with Crippen LogP contribution in [-0.4, -0.2) is 30.6 Å². The van der Waals surface area contributed by atoms with Gasteiger partial charge < -0.3 is 5.11 Å². The molecule has 0 aliphatic heterocycles. The summed E-state index contributed by atoms with van der Waals surface area (Å²) in [7, 11) is 0. The summed E-state index contributed by atoms with van der Waals surface area (Å²) in [5.41, 5.74) is 5.52. The first-order valence-electron chi connectivity index (χ1n) is 10.8. The van der Waals surface area contributed by atoms with Crippen molar-refractivity contribution >= 4 is 28.0 Å². The first-order chi connectivity index (χ1) is 15.7. The van der Waals surface area contributed by atoms with Crippen LogP contribution in [-0.2, 0) is 6.42 Å². The van der Waals surface area contributed by atoms with Crippen LogP contribution in [0.1, 0.15) is 18.7 Å². The second-order valence-corrected chi connectivity index (χ2v) is 8.84. The predicted octanol–water partition coefficient (Wildman–Crippen LogP) is 5.58. The van der Waals surface area contributed by atoms with Gasteiger partial charge in [-0.15, -0.1) is 0 Å². The van der Waals surface area contributed by atoms with Crippen molar-refractivity contribution in [1.82, 2.24) is 19.4 Å². The molecule has 0 saturated heterocycles. The Balaban J connectivity index is 1.47. The molecule has 32 heavy (non-hydrogen) atoms. The van der Waals surface area contributed by atoms with Gasteiger partial charge >= 0.3 is 0 Å². The second kappa shape index (κ2) is 7.69. The molecular formula is C26H21ClN4O.